The Morgan fingerprint density at radius 2 is 2.11 bits per heavy atom. The van der Waals surface area contributed by atoms with Crippen LogP contribution in [0.3, 0.4) is 0 Å². The summed E-state index contributed by atoms with van der Waals surface area (Å²) in [6, 6.07) is 5.75. The summed E-state index contributed by atoms with van der Waals surface area (Å²) in [5.74, 6) is -1.63. The number of hydrogen-bond donors (Lipinski definition) is 1. The van der Waals surface area contributed by atoms with Crippen molar-refractivity contribution in [2.45, 2.75) is 19.5 Å². The fourth-order valence-corrected chi connectivity index (χ4v) is 1.89. The van der Waals surface area contributed by atoms with Crippen molar-refractivity contribution in [3.8, 4) is 0 Å². The minimum Gasteiger partial charge on any atom is -0.311 e. The van der Waals surface area contributed by atoms with Crippen LogP contribution in [-0.2, 0) is 6.54 Å². The summed E-state index contributed by atoms with van der Waals surface area (Å²) >= 11 is 0. The van der Waals surface area contributed by atoms with Crippen molar-refractivity contribution >= 4 is 0 Å². The number of aromatic nitrogens is 2. The third-order valence-electron chi connectivity index (χ3n) is 2.85. The third kappa shape index (κ3) is 2.56. The third-order valence-corrected chi connectivity index (χ3v) is 2.85. The van der Waals surface area contributed by atoms with Crippen molar-refractivity contribution < 1.29 is 8.78 Å². The summed E-state index contributed by atoms with van der Waals surface area (Å²) in [6.07, 6.45) is 1.82. The first-order chi connectivity index (χ1) is 8.61. The number of rotatable bonds is 4. The molecule has 96 valence electrons. The van der Waals surface area contributed by atoms with Gasteiger partial charge < -0.3 is 5.32 Å². The standard InChI is InChI=1S/C13H15F2N3/c1-9-6-7-18(17-9)8-12(16-2)10-4-3-5-11(14)13(10)15/h3-7,12,16H,8H2,1-2H3. The second kappa shape index (κ2) is 5.27. The number of nitrogens with one attached hydrogen (secondary N) is 1. The Morgan fingerprint density at radius 3 is 2.72 bits per heavy atom. The van der Waals surface area contributed by atoms with Gasteiger partial charge in [0.15, 0.2) is 11.6 Å². The Morgan fingerprint density at radius 1 is 1.33 bits per heavy atom. The van der Waals surface area contributed by atoms with Gasteiger partial charge in [-0.05, 0) is 26.1 Å². The number of aryl methyl sites for hydroxylation is 1. The highest BCUT2D eigenvalue weighted by Gasteiger charge is 2.17. The number of nitrogens with zero attached hydrogens (tertiary/aromatic N) is 2. The molecule has 1 aromatic heterocycles. The van der Waals surface area contributed by atoms with Gasteiger partial charge in [0, 0.05) is 11.8 Å². The second-order valence-electron chi connectivity index (χ2n) is 4.16. The maximum absolute atomic E-state index is 13.7. The average molecular weight is 251 g/mol. The van der Waals surface area contributed by atoms with E-state index in [1.165, 1.54) is 6.07 Å². The highest BCUT2D eigenvalue weighted by atomic mass is 19.2. The smallest absolute Gasteiger partial charge is 0.163 e. The molecule has 0 radical (unpaired) electrons. The molecule has 2 aromatic rings. The van der Waals surface area contributed by atoms with Crippen molar-refractivity contribution in [1.82, 2.24) is 15.1 Å². The van der Waals surface area contributed by atoms with Gasteiger partial charge in [-0.3, -0.25) is 4.68 Å². The topological polar surface area (TPSA) is 29.9 Å². The SMILES string of the molecule is CNC(Cn1ccc(C)n1)c1cccc(F)c1F. The maximum Gasteiger partial charge on any atom is 0.163 e. The molecule has 0 bridgehead atoms. The molecule has 0 aliphatic heterocycles. The molecule has 0 aliphatic carbocycles. The summed E-state index contributed by atoms with van der Waals surface area (Å²) in [4.78, 5) is 0. The van der Waals surface area contributed by atoms with Gasteiger partial charge in [-0.2, -0.15) is 5.10 Å². The van der Waals surface area contributed by atoms with Gasteiger partial charge in [0.2, 0.25) is 0 Å². The van der Waals surface area contributed by atoms with E-state index in [-0.39, 0.29) is 6.04 Å². The molecule has 0 saturated carbocycles. The van der Waals surface area contributed by atoms with Gasteiger partial charge in [0.1, 0.15) is 0 Å². The van der Waals surface area contributed by atoms with Crippen molar-refractivity contribution in [1.29, 1.82) is 0 Å². The van der Waals surface area contributed by atoms with Crippen LogP contribution in [0.4, 0.5) is 8.78 Å². The Kier molecular flexibility index (Phi) is 3.72. The number of benzene rings is 1. The lowest BCUT2D eigenvalue weighted by atomic mass is 10.1. The zero-order chi connectivity index (χ0) is 13.1. The lowest BCUT2D eigenvalue weighted by molar-refractivity contribution is 0.430. The van der Waals surface area contributed by atoms with Crippen LogP contribution in [0.25, 0.3) is 0 Å². The highest BCUT2D eigenvalue weighted by molar-refractivity contribution is 5.22. The molecule has 5 heteroatoms. The van der Waals surface area contributed by atoms with Crippen LogP contribution < -0.4 is 5.32 Å². The predicted molar refractivity (Wildman–Crippen MR) is 65.1 cm³/mol. The van der Waals surface area contributed by atoms with Gasteiger partial charge >= 0.3 is 0 Å². The molecular formula is C13H15F2N3. The Balaban J connectivity index is 2.25. The van der Waals surface area contributed by atoms with Crippen molar-refractivity contribution in [2.24, 2.45) is 0 Å². The first-order valence-electron chi connectivity index (χ1n) is 5.73. The molecule has 0 aliphatic rings. The Bertz CT molecular complexity index is 537. The minimum absolute atomic E-state index is 0.311. The van der Waals surface area contributed by atoms with Gasteiger partial charge in [-0.15, -0.1) is 0 Å². The lowest BCUT2D eigenvalue weighted by Crippen LogP contribution is -2.23. The predicted octanol–water partition coefficient (Wildman–Crippen LogP) is 2.43. The molecule has 18 heavy (non-hydrogen) atoms. The van der Waals surface area contributed by atoms with Gasteiger partial charge in [-0.25, -0.2) is 8.78 Å². The van der Waals surface area contributed by atoms with E-state index in [2.05, 4.69) is 10.4 Å². The van der Waals surface area contributed by atoms with E-state index in [4.69, 9.17) is 0 Å². The fourth-order valence-electron chi connectivity index (χ4n) is 1.89. The Hall–Kier alpha value is -1.75. The Labute approximate surface area is 104 Å². The van der Waals surface area contributed by atoms with Crippen LogP contribution in [0.15, 0.2) is 30.5 Å². The molecule has 2 rings (SSSR count). The molecule has 1 aromatic carbocycles. The van der Waals surface area contributed by atoms with E-state index in [0.717, 1.165) is 11.8 Å². The quantitative estimate of drug-likeness (QED) is 0.904. The van der Waals surface area contributed by atoms with E-state index in [1.807, 2.05) is 19.2 Å². The van der Waals surface area contributed by atoms with E-state index in [0.29, 0.717) is 12.1 Å². The molecule has 1 unspecified atom stereocenters. The summed E-state index contributed by atoms with van der Waals surface area (Å²) in [5, 5.41) is 7.21. The van der Waals surface area contributed by atoms with Crippen LogP contribution in [-0.4, -0.2) is 16.8 Å². The number of hydrogen-bond acceptors (Lipinski definition) is 2. The van der Waals surface area contributed by atoms with Crippen LogP contribution in [0.2, 0.25) is 0 Å². The molecule has 0 amide bonds. The first kappa shape index (κ1) is 12.7. The van der Waals surface area contributed by atoms with E-state index in [9.17, 15) is 8.78 Å². The summed E-state index contributed by atoms with van der Waals surface area (Å²) in [6.45, 7) is 2.33. The van der Waals surface area contributed by atoms with Crippen LogP contribution in [0.5, 0.6) is 0 Å². The molecule has 0 saturated heterocycles. The largest absolute Gasteiger partial charge is 0.311 e. The summed E-state index contributed by atoms with van der Waals surface area (Å²) < 4.78 is 28.6. The van der Waals surface area contributed by atoms with Crippen LogP contribution in [0, 0.1) is 18.6 Å². The molecule has 1 atom stereocenters. The molecule has 0 spiro atoms. The van der Waals surface area contributed by atoms with Gasteiger partial charge in [0.05, 0.1) is 18.3 Å². The molecule has 1 N–H and O–H groups in total. The van der Waals surface area contributed by atoms with Crippen LogP contribution >= 0.6 is 0 Å². The first-order valence-corrected chi connectivity index (χ1v) is 5.73. The maximum atomic E-state index is 13.7. The van der Waals surface area contributed by atoms with Crippen molar-refractivity contribution in [3.05, 3.63) is 53.4 Å². The highest BCUT2D eigenvalue weighted by Crippen LogP contribution is 2.20. The van der Waals surface area contributed by atoms with E-state index < -0.39 is 11.6 Å². The zero-order valence-corrected chi connectivity index (χ0v) is 10.3. The van der Waals surface area contributed by atoms with Gasteiger partial charge in [-0.1, -0.05) is 12.1 Å². The second-order valence-corrected chi connectivity index (χ2v) is 4.16. The molecule has 0 fully saturated rings. The summed E-state index contributed by atoms with van der Waals surface area (Å²) in [7, 11) is 1.71. The van der Waals surface area contributed by atoms with E-state index >= 15 is 0 Å². The zero-order valence-electron chi connectivity index (χ0n) is 10.3. The molecular weight excluding hydrogens is 236 g/mol. The van der Waals surface area contributed by atoms with E-state index in [1.54, 1.807) is 17.8 Å². The average Bonchev–Trinajstić information content (AvgIpc) is 2.76. The van der Waals surface area contributed by atoms with Gasteiger partial charge in [0.25, 0.3) is 0 Å². The van der Waals surface area contributed by atoms with Crippen molar-refractivity contribution in [3.63, 3.8) is 0 Å². The fraction of sp³-hybridized carbons (Fsp3) is 0.308. The van der Waals surface area contributed by atoms with Crippen molar-refractivity contribution in [2.75, 3.05) is 7.05 Å². The monoisotopic (exact) mass is 251 g/mol. The van der Waals surface area contributed by atoms with Crippen LogP contribution in [0.1, 0.15) is 17.3 Å². The normalized spacial score (nSPS) is 12.7. The summed E-state index contributed by atoms with van der Waals surface area (Å²) in [5.41, 5.74) is 1.20. The molecule has 3 nitrogen and oxygen atoms in total. The number of likely N-dealkylation sites (N-methyl/N-ethyl adjacent to an activating group) is 1. The molecule has 1 heterocycles. The number of halogens is 2. The minimum atomic E-state index is -0.829. The lowest BCUT2D eigenvalue weighted by Gasteiger charge is -2.17.